The van der Waals surface area contributed by atoms with Gasteiger partial charge < -0.3 is 9.03 Å². The number of carbonyl (C=O) groups is 2. The molecule has 74 valence electrons. The number of hydrogen-bond acceptors (Lipinski definition) is 4. The van der Waals surface area contributed by atoms with Crippen LogP contribution in [0, 0.1) is 0 Å². The predicted molar refractivity (Wildman–Crippen MR) is 49.0 cm³/mol. The number of benzene rings is 1. The molecular formula is C9H7ClO4. The number of ether oxygens (including phenoxy) is 1. The van der Waals surface area contributed by atoms with Gasteiger partial charge in [-0.3, -0.25) is 4.79 Å². The van der Waals surface area contributed by atoms with Gasteiger partial charge in [-0.1, -0.05) is 12.1 Å². The van der Waals surface area contributed by atoms with Gasteiger partial charge in [0.25, 0.3) is 0 Å². The summed E-state index contributed by atoms with van der Waals surface area (Å²) in [7, 11) is 0. The molecule has 14 heavy (non-hydrogen) atoms. The van der Waals surface area contributed by atoms with E-state index in [-0.39, 0.29) is 11.3 Å². The minimum absolute atomic E-state index is 0.109. The first-order valence-corrected chi connectivity index (χ1v) is 4.06. The topological polar surface area (TPSA) is 52.6 Å². The fourth-order valence-corrected chi connectivity index (χ4v) is 1.00. The lowest BCUT2D eigenvalue weighted by Crippen LogP contribution is -2.07. The van der Waals surface area contributed by atoms with Crippen molar-refractivity contribution in [2.24, 2.45) is 0 Å². The van der Waals surface area contributed by atoms with E-state index in [2.05, 4.69) is 4.29 Å². The van der Waals surface area contributed by atoms with Gasteiger partial charge in [0.1, 0.15) is 23.2 Å². The number of esters is 1. The third-order valence-electron chi connectivity index (χ3n) is 1.43. The van der Waals surface area contributed by atoms with E-state index in [0.29, 0.717) is 0 Å². The van der Waals surface area contributed by atoms with Gasteiger partial charge in [0.2, 0.25) is 0 Å². The summed E-state index contributed by atoms with van der Waals surface area (Å²) < 4.78 is 8.77. The van der Waals surface area contributed by atoms with Crippen LogP contribution < -0.4 is 4.74 Å². The van der Waals surface area contributed by atoms with E-state index >= 15 is 0 Å². The Morgan fingerprint density at radius 2 is 1.93 bits per heavy atom. The van der Waals surface area contributed by atoms with Crippen molar-refractivity contribution >= 4 is 23.8 Å². The average molecular weight is 215 g/mol. The van der Waals surface area contributed by atoms with Gasteiger partial charge in [-0.2, -0.15) is 0 Å². The number of rotatable bonds is 2. The van der Waals surface area contributed by atoms with E-state index < -0.39 is 11.9 Å². The molecule has 0 N–H and O–H groups in total. The Balaban J connectivity index is 3.02. The largest absolute Gasteiger partial charge is 0.426 e. The Morgan fingerprint density at radius 3 is 2.50 bits per heavy atom. The molecular weight excluding hydrogens is 208 g/mol. The summed E-state index contributed by atoms with van der Waals surface area (Å²) in [5.41, 5.74) is 0.109. The SMILES string of the molecule is CC(=O)Oc1ccccc1C(=O)OCl. The molecule has 0 aliphatic heterocycles. The van der Waals surface area contributed by atoms with E-state index in [4.69, 9.17) is 16.6 Å². The normalized spacial score (nSPS) is 9.29. The van der Waals surface area contributed by atoms with E-state index in [0.717, 1.165) is 0 Å². The van der Waals surface area contributed by atoms with Gasteiger partial charge in [0.05, 0.1) is 0 Å². The highest BCUT2D eigenvalue weighted by Crippen LogP contribution is 2.19. The second-order valence-corrected chi connectivity index (χ2v) is 2.61. The Hall–Kier alpha value is -1.55. The van der Waals surface area contributed by atoms with Crippen LogP contribution in [0.15, 0.2) is 24.3 Å². The third-order valence-corrected chi connectivity index (χ3v) is 1.57. The van der Waals surface area contributed by atoms with Crippen LogP contribution >= 0.6 is 11.9 Å². The molecule has 0 atom stereocenters. The van der Waals surface area contributed by atoms with Gasteiger partial charge in [-0.15, -0.1) is 0 Å². The Bertz CT molecular complexity index is 362. The molecule has 0 aromatic heterocycles. The number of carbonyl (C=O) groups excluding carboxylic acids is 2. The maximum Gasteiger partial charge on any atom is 0.360 e. The Morgan fingerprint density at radius 1 is 1.29 bits per heavy atom. The summed E-state index contributed by atoms with van der Waals surface area (Å²) in [5.74, 6) is -1.14. The first-order chi connectivity index (χ1) is 6.65. The highest BCUT2D eigenvalue weighted by molar-refractivity contribution is 6.16. The van der Waals surface area contributed by atoms with E-state index in [1.54, 1.807) is 12.1 Å². The van der Waals surface area contributed by atoms with Crippen LogP contribution in [0.25, 0.3) is 0 Å². The average Bonchev–Trinajstić information content (AvgIpc) is 2.16. The summed E-state index contributed by atoms with van der Waals surface area (Å²) in [5, 5.41) is 0. The number of para-hydroxylation sites is 1. The molecule has 0 unspecified atom stereocenters. The van der Waals surface area contributed by atoms with Crippen LogP contribution in [0.5, 0.6) is 5.75 Å². The van der Waals surface area contributed by atoms with Crippen molar-refractivity contribution in [3.05, 3.63) is 29.8 Å². The first kappa shape index (κ1) is 10.5. The van der Waals surface area contributed by atoms with Crippen molar-refractivity contribution in [3.63, 3.8) is 0 Å². The minimum Gasteiger partial charge on any atom is -0.426 e. The second-order valence-electron chi connectivity index (χ2n) is 2.45. The van der Waals surface area contributed by atoms with Gasteiger partial charge in [0.15, 0.2) is 0 Å². The van der Waals surface area contributed by atoms with Crippen LogP contribution in [-0.2, 0) is 9.08 Å². The molecule has 1 aromatic rings. The van der Waals surface area contributed by atoms with Crippen LogP contribution in [0.3, 0.4) is 0 Å². The van der Waals surface area contributed by atoms with Gasteiger partial charge >= 0.3 is 11.9 Å². The Labute approximate surface area is 85.6 Å². The molecule has 0 radical (unpaired) electrons. The van der Waals surface area contributed by atoms with E-state index in [9.17, 15) is 9.59 Å². The highest BCUT2D eigenvalue weighted by atomic mass is 35.5. The molecule has 0 spiro atoms. The number of halogens is 1. The predicted octanol–water partition coefficient (Wildman–Crippen LogP) is 1.92. The van der Waals surface area contributed by atoms with Crippen LogP contribution in [-0.4, -0.2) is 11.9 Å². The highest BCUT2D eigenvalue weighted by Gasteiger charge is 2.14. The molecule has 1 aromatic carbocycles. The quantitative estimate of drug-likeness (QED) is 0.558. The number of hydrogen-bond donors (Lipinski definition) is 0. The zero-order valence-electron chi connectivity index (χ0n) is 7.32. The molecule has 0 aliphatic carbocycles. The van der Waals surface area contributed by atoms with Gasteiger partial charge in [-0.25, -0.2) is 4.79 Å². The van der Waals surface area contributed by atoms with Gasteiger partial charge in [-0.05, 0) is 12.1 Å². The van der Waals surface area contributed by atoms with Crippen LogP contribution in [0.4, 0.5) is 0 Å². The molecule has 0 aliphatic rings. The lowest BCUT2D eigenvalue weighted by atomic mass is 10.2. The maximum atomic E-state index is 11.1. The Kier molecular flexibility index (Phi) is 3.48. The van der Waals surface area contributed by atoms with Crippen molar-refractivity contribution in [3.8, 4) is 5.75 Å². The minimum atomic E-state index is -0.761. The van der Waals surface area contributed by atoms with Gasteiger partial charge in [0, 0.05) is 6.92 Å². The lowest BCUT2D eigenvalue weighted by molar-refractivity contribution is -0.131. The standard InChI is InChI=1S/C9H7ClO4/c1-6(11)13-8-5-3-2-4-7(8)9(12)14-10/h2-5H,1H3. The van der Waals surface area contributed by atoms with Crippen LogP contribution in [0.2, 0.25) is 0 Å². The summed E-state index contributed by atoms with van der Waals surface area (Å²) in [6.07, 6.45) is 0. The van der Waals surface area contributed by atoms with Crippen molar-refractivity contribution in [2.45, 2.75) is 6.92 Å². The molecule has 5 heteroatoms. The van der Waals surface area contributed by atoms with E-state index in [1.165, 1.54) is 19.1 Å². The fourth-order valence-electron chi connectivity index (χ4n) is 0.921. The smallest absolute Gasteiger partial charge is 0.360 e. The van der Waals surface area contributed by atoms with Crippen molar-refractivity contribution in [1.82, 2.24) is 0 Å². The molecule has 1 rings (SSSR count). The van der Waals surface area contributed by atoms with Crippen molar-refractivity contribution < 1.29 is 18.6 Å². The van der Waals surface area contributed by atoms with Crippen LogP contribution in [0.1, 0.15) is 17.3 Å². The molecule has 0 fully saturated rings. The molecule has 0 heterocycles. The fraction of sp³-hybridized carbons (Fsp3) is 0.111. The summed E-state index contributed by atoms with van der Waals surface area (Å²) in [6.45, 7) is 1.24. The third kappa shape index (κ3) is 2.47. The van der Waals surface area contributed by atoms with Crippen molar-refractivity contribution in [2.75, 3.05) is 0 Å². The van der Waals surface area contributed by atoms with E-state index in [1.807, 2.05) is 0 Å². The first-order valence-electron chi connectivity index (χ1n) is 3.75. The maximum absolute atomic E-state index is 11.1. The molecule has 0 saturated carbocycles. The lowest BCUT2D eigenvalue weighted by Gasteiger charge is -2.04. The molecule has 0 bridgehead atoms. The zero-order chi connectivity index (χ0) is 10.6. The van der Waals surface area contributed by atoms with Crippen molar-refractivity contribution in [1.29, 1.82) is 0 Å². The summed E-state index contributed by atoms with van der Waals surface area (Å²) in [4.78, 5) is 21.7. The monoisotopic (exact) mass is 214 g/mol. The summed E-state index contributed by atoms with van der Waals surface area (Å²) in [6, 6.07) is 6.16. The summed E-state index contributed by atoms with van der Waals surface area (Å²) >= 11 is 4.91. The second kappa shape index (κ2) is 4.62. The molecule has 0 amide bonds. The molecule has 4 nitrogen and oxygen atoms in total. The zero-order valence-corrected chi connectivity index (χ0v) is 8.08. The molecule has 0 saturated heterocycles.